The zero-order valence-electron chi connectivity index (χ0n) is 18.1. The molecule has 0 unspecified atom stereocenters. The Morgan fingerprint density at radius 2 is 1.67 bits per heavy atom. The minimum absolute atomic E-state index is 0.0190. The van der Waals surface area contributed by atoms with Gasteiger partial charge in [-0.05, 0) is 50.1 Å². The van der Waals surface area contributed by atoms with Gasteiger partial charge >= 0.3 is 0 Å². The smallest absolute Gasteiger partial charge is 0.259 e. The summed E-state index contributed by atoms with van der Waals surface area (Å²) in [4.78, 5) is 27.5. The summed E-state index contributed by atoms with van der Waals surface area (Å²) in [5.41, 5.74) is 1.57. The van der Waals surface area contributed by atoms with Crippen LogP contribution >= 0.6 is 0 Å². The highest BCUT2D eigenvalue weighted by molar-refractivity contribution is 6.06. The van der Waals surface area contributed by atoms with Gasteiger partial charge in [0.25, 0.3) is 11.8 Å². The maximum Gasteiger partial charge on any atom is 0.259 e. The first-order valence-corrected chi connectivity index (χ1v) is 10.6. The van der Waals surface area contributed by atoms with Gasteiger partial charge in [0, 0.05) is 30.9 Å². The maximum absolute atomic E-state index is 12.8. The van der Waals surface area contributed by atoms with E-state index in [1.165, 1.54) is 0 Å². The molecule has 2 aromatic carbocycles. The summed E-state index contributed by atoms with van der Waals surface area (Å²) in [6.07, 6.45) is 1.81. The van der Waals surface area contributed by atoms with Gasteiger partial charge in [0.05, 0.1) is 12.2 Å². The Kier molecular flexibility index (Phi) is 9.87. The summed E-state index contributed by atoms with van der Waals surface area (Å²) in [6, 6.07) is 14.1. The molecule has 6 heteroatoms. The predicted molar refractivity (Wildman–Crippen MR) is 119 cm³/mol. The molecule has 0 aliphatic heterocycles. The average Bonchev–Trinajstić information content (AvgIpc) is 2.76. The third-order valence-corrected chi connectivity index (χ3v) is 4.46. The molecule has 0 aliphatic carbocycles. The number of anilines is 1. The lowest BCUT2D eigenvalue weighted by atomic mass is 10.1. The van der Waals surface area contributed by atoms with E-state index in [0.717, 1.165) is 25.9 Å². The van der Waals surface area contributed by atoms with Gasteiger partial charge in [0.1, 0.15) is 12.4 Å². The maximum atomic E-state index is 12.8. The van der Waals surface area contributed by atoms with Crippen LogP contribution < -0.4 is 10.1 Å². The quantitative estimate of drug-likeness (QED) is 0.517. The predicted octanol–water partition coefficient (Wildman–Crippen LogP) is 4.62. The molecule has 162 valence electrons. The Balaban J connectivity index is 2.11. The molecule has 2 amide bonds. The highest BCUT2D eigenvalue weighted by Gasteiger charge is 2.16. The molecule has 0 saturated carbocycles. The second kappa shape index (κ2) is 12.6. The zero-order chi connectivity index (χ0) is 21.8. The third kappa shape index (κ3) is 6.88. The standard InChI is InChI=1S/C24H32N2O4/c1-4-14-26(15-5-2)24(28)19-10-9-11-20(18-19)25-23(27)21-12-7-8-13-22(21)30-17-16-29-6-3/h7-13,18H,4-6,14-17H2,1-3H3,(H,25,27). The van der Waals surface area contributed by atoms with Crippen LogP contribution in [0, 0.1) is 0 Å². The number of nitrogens with zero attached hydrogens (tertiary/aromatic N) is 1. The summed E-state index contributed by atoms with van der Waals surface area (Å²) < 4.78 is 11.0. The van der Waals surface area contributed by atoms with Crippen LogP contribution in [0.2, 0.25) is 0 Å². The van der Waals surface area contributed by atoms with Gasteiger partial charge in [-0.1, -0.05) is 32.0 Å². The molecule has 0 radical (unpaired) electrons. The molecule has 2 aromatic rings. The molecular formula is C24H32N2O4. The van der Waals surface area contributed by atoms with E-state index in [1.807, 2.05) is 17.9 Å². The second-order valence-electron chi connectivity index (χ2n) is 6.87. The van der Waals surface area contributed by atoms with E-state index in [9.17, 15) is 9.59 Å². The van der Waals surface area contributed by atoms with Crippen molar-refractivity contribution in [1.82, 2.24) is 4.90 Å². The summed E-state index contributed by atoms with van der Waals surface area (Å²) >= 11 is 0. The van der Waals surface area contributed by atoms with Gasteiger partial charge < -0.3 is 19.7 Å². The number of hydrogen-bond acceptors (Lipinski definition) is 4. The van der Waals surface area contributed by atoms with Gasteiger partial charge in [-0.2, -0.15) is 0 Å². The summed E-state index contributed by atoms with van der Waals surface area (Å²) in [7, 11) is 0. The number of carbonyl (C=O) groups excluding carboxylic acids is 2. The average molecular weight is 413 g/mol. The molecule has 2 rings (SSSR count). The number of amides is 2. The van der Waals surface area contributed by atoms with Gasteiger partial charge in [-0.25, -0.2) is 0 Å². The molecule has 0 bridgehead atoms. The van der Waals surface area contributed by atoms with E-state index in [2.05, 4.69) is 19.2 Å². The first-order chi connectivity index (χ1) is 14.6. The summed E-state index contributed by atoms with van der Waals surface area (Å²) in [5, 5.41) is 2.88. The van der Waals surface area contributed by atoms with Crippen LogP contribution in [0.15, 0.2) is 48.5 Å². The third-order valence-electron chi connectivity index (χ3n) is 4.46. The Bertz CT molecular complexity index is 816. The van der Waals surface area contributed by atoms with E-state index in [1.54, 1.807) is 42.5 Å². The van der Waals surface area contributed by atoms with Crippen molar-refractivity contribution in [3.05, 3.63) is 59.7 Å². The van der Waals surface area contributed by atoms with Crippen LogP contribution in [-0.4, -0.2) is 49.6 Å². The van der Waals surface area contributed by atoms with Crippen LogP contribution in [-0.2, 0) is 4.74 Å². The first kappa shape index (κ1) is 23.4. The Hall–Kier alpha value is -2.86. The normalized spacial score (nSPS) is 10.5. The monoisotopic (exact) mass is 412 g/mol. The minimum atomic E-state index is -0.286. The fourth-order valence-electron chi connectivity index (χ4n) is 3.10. The number of carbonyl (C=O) groups is 2. The summed E-state index contributed by atoms with van der Waals surface area (Å²) in [6.45, 7) is 8.92. The topological polar surface area (TPSA) is 67.9 Å². The lowest BCUT2D eigenvalue weighted by Gasteiger charge is -2.21. The van der Waals surface area contributed by atoms with Gasteiger partial charge in [-0.3, -0.25) is 9.59 Å². The SMILES string of the molecule is CCCN(CCC)C(=O)c1cccc(NC(=O)c2ccccc2OCCOCC)c1. The van der Waals surface area contributed by atoms with Crippen LogP contribution in [0.3, 0.4) is 0 Å². The fourth-order valence-corrected chi connectivity index (χ4v) is 3.10. The number of hydrogen-bond donors (Lipinski definition) is 1. The van der Waals surface area contributed by atoms with E-state index in [-0.39, 0.29) is 11.8 Å². The number of rotatable bonds is 12. The number of para-hydroxylation sites is 1. The van der Waals surface area contributed by atoms with Crippen LogP contribution in [0.1, 0.15) is 54.3 Å². The second-order valence-corrected chi connectivity index (χ2v) is 6.87. The first-order valence-electron chi connectivity index (χ1n) is 10.6. The Morgan fingerprint density at radius 3 is 2.37 bits per heavy atom. The van der Waals surface area contributed by atoms with Crippen LogP contribution in [0.25, 0.3) is 0 Å². The molecule has 0 fully saturated rings. The van der Waals surface area contributed by atoms with Crippen LogP contribution in [0.5, 0.6) is 5.75 Å². The zero-order valence-corrected chi connectivity index (χ0v) is 18.1. The molecule has 6 nitrogen and oxygen atoms in total. The number of ether oxygens (including phenoxy) is 2. The highest BCUT2D eigenvalue weighted by Crippen LogP contribution is 2.21. The molecule has 0 saturated heterocycles. The number of nitrogens with one attached hydrogen (secondary N) is 1. The Morgan fingerprint density at radius 1 is 0.933 bits per heavy atom. The molecule has 0 aliphatic rings. The van der Waals surface area contributed by atoms with Crippen molar-refractivity contribution < 1.29 is 19.1 Å². The molecule has 0 spiro atoms. The van der Waals surface area contributed by atoms with E-state index < -0.39 is 0 Å². The lowest BCUT2D eigenvalue weighted by molar-refractivity contribution is 0.0755. The van der Waals surface area contributed by atoms with Gasteiger partial charge in [0.15, 0.2) is 0 Å². The van der Waals surface area contributed by atoms with Crippen LogP contribution in [0.4, 0.5) is 5.69 Å². The van der Waals surface area contributed by atoms with Crippen molar-refractivity contribution in [2.75, 3.05) is 38.2 Å². The molecule has 1 N–H and O–H groups in total. The summed E-state index contributed by atoms with van der Waals surface area (Å²) in [5.74, 6) is 0.194. The fraction of sp³-hybridized carbons (Fsp3) is 0.417. The van der Waals surface area contributed by atoms with Crippen molar-refractivity contribution in [2.45, 2.75) is 33.6 Å². The van der Waals surface area contributed by atoms with Crippen molar-refractivity contribution in [3.63, 3.8) is 0 Å². The molecule has 0 aromatic heterocycles. The van der Waals surface area contributed by atoms with Gasteiger partial charge in [0.2, 0.25) is 0 Å². The molecule has 0 heterocycles. The van der Waals surface area contributed by atoms with E-state index in [4.69, 9.17) is 9.47 Å². The Labute approximate surface area is 179 Å². The largest absolute Gasteiger partial charge is 0.490 e. The highest BCUT2D eigenvalue weighted by atomic mass is 16.5. The molecule has 0 atom stereocenters. The minimum Gasteiger partial charge on any atom is -0.490 e. The van der Waals surface area contributed by atoms with Crippen molar-refractivity contribution in [1.29, 1.82) is 0 Å². The van der Waals surface area contributed by atoms with Crippen molar-refractivity contribution in [3.8, 4) is 5.75 Å². The van der Waals surface area contributed by atoms with Crippen molar-refractivity contribution >= 4 is 17.5 Å². The number of benzene rings is 2. The molecule has 30 heavy (non-hydrogen) atoms. The van der Waals surface area contributed by atoms with E-state index in [0.29, 0.717) is 42.4 Å². The molecular weight excluding hydrogens is 380 g/mol. The van der Waals surface area contributed by atoms with Gasteiger partial charge in [-0.15, -0.1) is 0 Å². The van der Waals surface area contributed by atoms with E-state index >= 15 is 0 Å². The lowest BCUT2D eigenvalue weighted by Crippen LogP contribution is -2.32. The van der Waals surface area contributed by atoms with Crippen molar-refractivity contribution in [2.24, 2.45) is 0 Å².